The molecule has 4 nitrogen and oxygen atoms in total. The van der Waals surface area contributed by atoms with E-state index in [0.29, 0.717) is 6.61 Å². The minimum absolute atomic E-state index is 0.211. The molecule has 0 aromatic heterocycles. The summed E-state index contributed by atoms with van der Waals surface area (Å²) in [5.41, 5.74) is -0.648. The average Bonchev–Trinajstić information content (AvgIpc) is 2.44. The lowest BCUT2D eigenvalue weighted by molar-refractivity contribution is -0.00564. The maximum Gasteiger partial charge on any atom is 0.410 e. The maximum atomic E-state index is 12.0. The topological polar surface area (TPSA) is 38.8 Å². The second kappa shape index (κ2) is 4.62. The van der Waals surface area contributed by atoms with Gasteiger partial charge in [0, 0.05) is 13.7 Å². The van der Waals surface area contributed by atoms with Crippen LogP contribution in [0.5, 0.6) is 0 Å². The van der Waals surface area contributed by atoms with Gasteiger partial charge in [0.25, 0.3) is 0 Å². The third-order valence-corrected chi connectivity index (χ3v) is 2.82. The molecule has 1 aliphatic heterocycles. The molecule has 1 atom stereocenters. The highest BCUT2D eigenvalue weighted by atomic mass is 16.6. The summed E-state index contributed by atoms with van der Waals surface area (Å²) < 4.78 is 10.6. The number of nitrogens with zero attached hydrogens (tertiary/aromatic N) is 1. The van der Waals surface area contributed by atoms with E-state index in [1.165, 1.54) is 0 Å². The van der Waals surface area contributed by atoms with Crippen LogP contribution in [-0.2, 0) is 9.47 Å². The molecule has 4 heteroatoms. The number of amides is 1. The van der Waals surface area contributed by atoms with Crippen LogP contribution < -0.4 is 0 Å². The van der Waals surface area contributed by atoms with Crippen molar-refractivity contribution >= 4 is 6.09 Å². The van der Waals surface area contributed by atoms with Crippen LogP contribution in [0.2, 0.25) is 0 Å². The highest BCUT2D eigenvalue weighted by Gasteiger charge is 2.41. The van der Waals surface area contributed by atoms with Crippen LogP contribution in [0, 0.1) is 0 Å². The van der Waals surface area contributed by atoms with Gasteiger partial charge in [-0.1, -0.05) is 0 Å². The van der Waals surface area contributed by atoms with Crippen molar-refractivity contribution in [2.45, 2.75) is 51.7 Å². The van der Waals surface area contributed by atoms with Crippen molar-refractivity contribution in [3.63, 3.8) is 0 Å². The molecule has 0 aliphatic carbocycles. The molecule has 1 saturated heterocycles. The van der Waals surface area contributed by atoms with Gasteiger partial charge in [0.2, 0.25) is 0 Å². The molecule has 1 rings (SSSR count). The lowest BCUT2D eigenvalue weighted by atomic mass is 10.0. The lowest BCUT2D eigenvalue weighted by Crippen LogP contribution is -2.49. The van der Waals surface area contributed by atoms with E-state index in [1.807, 2.05) is 27.7 Å². The molecule has 0 saturated carbocycles. The summed E-state index contributed by atoms with van der Waals surface area (Å²) in [6.07, 6.45) is 1.75. The Bertz CT molecular complexity index is 259. The third-order valence-electron chi connectivity index (χ3n) is 2.82. The van der Waals surface area contributed by atoms with Crippen molar-refractivity contribution in [2.24, 2.45) is 0 Å². The lowest BCUT2D eigenvalue weighted by Gasteiger charge is -2.35. The van der Waals surface area contributed by atoms with Gasteiger partial charge in [0.1, 0.15) is 5.60 Å². The van der Waals surface area contributed by atoms with Gasteiger partial charge in [0.05, 0.1) is 12.1 Å². The van der Waals surface area contributed by atoms with Gasteiger partial charge >= 0.3 is 6.09 Å². The van der Waals surface area contributed by atoms with Crippen molar-refractivity contribution in [2.75, 3.05) is 20.3 Å². The van der Waals surface area contributed by atoms with Crippen molar-refractivity contribution < 1.29 is 14.3 Å². The van der Waals surface area contributed by atoms with Gasteiger partial charge in [0.15, 0.2) is 0 Å². The van der Waals surface area contributed by atoms with Crippen molar-refractivity contribution in [3.05, 3.63) is 0 Å². The second-order valence-electron chi connectivity index (χ2n) is 5.67. The number of carbonyl (C=O) groups is 1. The normalized spacial score (nSPS) is 25.9. The Balaban J connectivity index is 2.68. The van der Waals surface area contributed by atoms with E-state index in [2.05, 4.69) is 0 Å². The number of ether oxygens (including phenoxy) is 2. The molecule has 1 fully saturated rings. The fourth-order valence-corrected chi connectivity index (χ4v) is 2.11. The van der Waals surface area contributed by atoms with Crippen molar-refractivity contribution in [3.8, 4) is 0 Å². The zero-order valence-electron chi connectivity index (χ0n) is 11.0. The Morgan fingerprint density at radius 2 is 2.06 bits per heavy atom. The number of hydrogen-bond acceptors (Lipinski definition) is 3. The summed E-state index contributed by atoms with van der Waals surface area (Å²) in [5.74, 6) is 0. The van der Waals surface area contributed by atoms with Gasteiger partial charge in [-0.3, -0.25) is 0 Å². The van der Waals surface area contributed by atoms with Crippen LogP contribution in [-0.4, -0.2) is 42.4 Å². The van der Waals surface area contributed by atoms with Crippen LogP contribution in [0.4, 0.5) is 4.79 Å². The predicted octanol–water partition coefficient (Wildman–Crippen LogP) is 2.42. The highest BCUT2D eigenvalue weighted by Crippen LogP contribution is 2.30. The minimum atomic E-state index is -0.437. The molecule has 1 heterocycles. The van der Waals surface area contributed by atoms with Gasteiger partial charge in [-0.05, 0) is 40.5 Å². The second-order valence-corrected chi connectivity index (χ2v) is 5.67. The zero-order chi connectivity index (χ0) is 12.4. The Morgan fingerprint density at radius 1 is 1.44 bits per heavy atom. The number of methoxy groups -OCH3 is 1. The summed E-state index contributed by atoms with van der Waals surface area (Å²) in [4.78, 5) is 13.8. The molecule has 0 aromatic carbocycles. The monoisotopic (exact) mass is 229 g/mol. The molecule has 0 aromatic rings. The minimum Gasteiger partial charge on any atom is -0.444 e. The van der Waals surface area contributed by atoms with E-state index < -0.39 is 5.60 Å². The molecule has 0 spiro atoms. The molecule has 0 radical (unpaired) electrons. The first-order valence-electron chi connectivity index (χ1n) is 5.78. The van der Waals surface area contributed by atoms with Gasteiger partial charge < -0.3 is 14.4 Å². The Hall–Kier alpha value is -0.770. The molecular weight excluding hydrogens is 206 g/mol. The Labute approximate surface area is 97.9 Å². The van der Waals surface area contributed by atoms with Gasteiger partial charge in [-0.25, -0.2) is 4.79 Å². The molecule has 94 valence electrons. The van der Waals surface area contributed by atoms with Crippen LogP contribution in [0.1, 0.15) is 40.5 Å². The SMILES string of the molecule is COCC1(C)CCCN1C(=O)OC(C)(C)C. The van der Waals surface area contributed by atoms with E-state index in [1.54, 1.807) is 12.0 Å². The van der Waals surface area contributed by atoms with Crippen molar-refractivity contribution in [1.82, 2.24) is 4.90 Å². The highest BCUT2D eigenvalue weighted by molar-refractivity contribution is 5.69. The molecule has 0 bridgehead atoms. The van der Waals surface area contributed by atoms with Crippen LogP contribution >= 0.6 is 0 Å². The largest absolute Gasteiger partial charge is 0.444 e. The van der Waals surface area contributed by atoms with E-state index in [9.17, 15) is 4.79 Å². The number of hydrogen-bond donors (Lipinski definition) is 0. The molecular formula is C12H23NO3. The number of likely N-dealkylation sites (tertiary alicyclic amines) is 1. The molecule has 1 amide bonds. The van der Waals surface area contributed by atoms with Crippen LogP contribution in [0.25, 0.3) is 0 Å². The maximum absolute atomic E-state index is 12.0. The van der Waals surface area contributed by atoms with E-state index in [-0.39, 0.29) is 11.6 Å². The average molecular weight is 229 g/mol. The molecule has 1 unspecified atom stereocenters. The summed E-state index contributed by atoms with van der Waals surface area (Å²) in [5, 5.41) is 0. The summed E-state index contributed by atoms with van der Waals surface area (Å²) in [7, 11) is 1.66. The smallest absolute Gasteiger partial charge is 0.410 e. The van der Waals surface area contributed by atoms with Gasteiger partial charge in [-0.15, -0.1) is 0 Å². The molecule has 1 aliphatic rings. The molecule has 0 N–H and O–H groups in total. The first-order chi connectivity index (χ1) is 7.28. The first kappa shape index (κ1) is 13.3. The fraction of sp³-hybridized carbons (Fsp3) is 0.917. The molecule has 16 heavy (non-hydrogen) atoms. The Morgan fingerprint density at radius 3 is 2.56 bits per heavy atom. The van der Waals surface area contributed by atoms with Crippen LogP contribution in [0.15, 0.2) is 0 Å². The van der Waals surface area contributed by atoms with E-state index in [0.717, 1.165) is 19.4 Å². The quantitative estimate of drug-likeness (QED) is 0.730. The van der Waals surface area contributed by atoms with Gasteiger partial charge in [-0.2, -0.15) is 0 Å². The summed E-state index contributed by atoms with van der Waals surface area (Å²) in [6.45, 7) is 9.02. The Kier molecular flexibility index (Phi) is 3.84. The summed E-state index contributed by atoms with van der Waals surface area (Å²) >= 11 is 0. The zero-order valence-corrected chi connectivity index (χ0v) is 11.0. The number of carbonyl (C=O) groups excluding carboxylic acids is 1. The fourth-order valence-electron chi connectivity index (χ4n) is 2.11. The standard InChI is InChI=1S/C12H23NO3/c1-11(2,3)16-10(14)13-8-6-7-12(13,4)9-15-5/h6-9H2,1-5H3. The van der Waals surface area contributed by atoms with Crippen molar-refractivity contribution in [1.29, 1.82) is 0 Å². The first-order valence-corrected chi connectivity index (χ1v) is 5.78. The third kappa shape index (κ3) is 3.11. The predicted molar refractivity (Wildman–Crippen MR) is 62.5 cm³/mol. The number of rotatable bonds is 2. The van der Waals surface area contributed by atoms with E-state index in [4.69, 9.17) is 9.47 Å². The van der Waals surface area contributed by atoms with Crippen LogP contribution in [0.3, 0.4) is 0 Å². The summed E-state index contributed by atoms with van der Waals surface area (Å²) in [6, 6.07) is 0. The van der Waals surface area contributed by atoms with E-state index >= 15 is 0 Å².